The second-order valence-corrected chi connectivity index (χ2v) is 7.56. The van der Waals surface area contributed by atoms with Gasteiger partial charge in [-0.3, -0.25) is 0 Å². The SMILES string of the molecule is CC(C)CNCc1cccc(SCc2cccc(Br)c2)c1. The summed E-state index contributed by atoms with van der Waals surface area (Å²) in [4.78, 5) is 1.33. The monoisotopic (exact) mass is 363 g/mol. The molecule has 112 valence electrons. The Labute approximate surface area is 140 Å². The molecule has 0 radical (unpaired) electrons. The van der Waals surface area contributed by atoms with Gasteiger partial charge >= 0.3 is 0 Å². The van der Waals surface area contributed by atoms with Crippen LogP contribution in [0.25, 0.3) is 0 Å². The van der Waals surface area contributed by atoms with E-state index < -0.39 is 0 Å². The van der Waals surface area contributed by atoms with Crippen LogP contribution in [-0.4, -0.2) is 6.54 Å². The second kappa shape index (κ2) is 8.62. The molecule has 0 aromatic heterocycles. The largest absolute Gasteiger partial charge is 0.312 e. The quantitative estimate of drug-likeness (QED) is 0.652. The lowest BCUT2D eigenvalue weighted by atomic mass is 10.2. The Kier molecular flexibility index (Phi) is 6.81. The molecule has 2 rings (SSSR count). The van der Waals surface area contributed by atoms with E-state index in [1.807, 2.05) is 11.8 Å². The number of rotatable bonds is 7. The van der Waals surface area contributed by atoms with E-state index in [1.54, 1.807) is 0 Å². The van der Waals surface area contributed by atoms with Gasteiger partial charge in [-0.05, 0) is 47.9 Å². The Morgan fingerprint density at radius 2 is 1.81 bits per heavy atom. The number of thioether (sulfide) groups is 1. The van der Waals surface area contributed by atoms with Crippen molar-refractivity contribution in [1.29, 1.82) is 0 Å². The van der Waals surface area contributed by atoms with Crippen LogP contribution in [0.15, 0.2) is 57.9 Å². The molecule has 1 nitrogen and oxygen atoms in total. The Balaban J connectivity index is 1.88. The highest BCUT2D eigenvalue weighted by Crippen LogP contribution is 2.24. The summed E-state index contributed by atoms with van der Waals surface area (Å²) >= 11 is 5.41. The molecule has 0 saturated heterocycles. The summed E-state index contributed by atoms with van der Waals surface area (Å²) in [5.74, 6) is 1.70. The summed E-state index contributed by atoms with van der Waals surface area (Å²) in [7, 11) is 0. The number of halogens is 1. The molecule has 0 bridgehead atoms. The van der Waals surface area contributed by atoms with Crippen molar-refractivity contribution >= 4 is 27.7 Å². The van der Waals surface area contributed by atoms with Crippen LogP contribution in [0.5, 0.6) is 0 Å². The summed E-state index contributed by atoms with van der Waals surface area (Å²) < 4.78 is 1.15. The molecule has 0 aliphatic heterocycles. The molecule has 21 heavy (non-hydrogen) atoms. The maximum absolute atomic E-state index is 3.52. The van der Waals surface area contributed by atoms with Crippen LogP contribution < -0.4 is 5.32 Å². The minimum atomic E-state index is 0.694. The second-order valence-electron chi connectivity index (χ2n) is 5.59. The van der Waals surface area contributed by atoms with Crippen LogP contribution >= 0.6 is 27.7 Å². The molecule has 0 amide bonds. The fraction of sp³-hybridized carbons (Fsp3) is 0.333. The maximum Gasteiger partial charge on any atom is 0.0232 e. The third-order valence-electron chi connectivity index (χ3n) is 3.07. The zero-order valence-electron chi connectivity index (χ0n) is 12.6. The zero-order chi connectivity index (χ0) is 15.1. The molecule has 0 heterocycles. The standard InChI is InChI=1S/C18H22BrNS/c1-14(2)11-20-12-15-5-4-8-18(10-15)21-13-16-6-3-7-17(19)9-16/h3-10,14,20H,11-13H2,1-2H3. The third kappa shape index (κ3) is 6.25. The first kappa shape index (κ1) is 16.6. The predicted molar refractivity (Wildman–Crippen MR) is 96.7 cm³/mol. The highest BCUT2D eigenvalue weighted by atomic mass is 79.9. The lowest BCUT2D eigenvalue weighted by molar-refractivity contribution is 0.552. The minimum absolute atomic E-state index is 0.694. The maximum atomic E-state index is 3.52. The first-order chi connectivity index (χ1) is 10.1. The van der Waals surface area contributed by atoms with Gasteiger partial charge in [0.1, 0.15) is 0 Å². The van der Waals surface area contributed by atoms with Gasteiger partial charge in [0.05, 0.1) is 0 Å². The van der Waals surface area contributed by atoms with Crippen LogP contribution in [0.4, 0.5) is 0 Å². The molecule has 0 saturated carbocycles. The van der Waals surface area contributed by atoms with E-state index >= 15 is 0 Å². The molecular weight excluding hydrogens is 342 g/mol. The summed E-state index contributed by atoms with van der Waals surface area (Å²) in [6, 6.07) is 17.3. The Hall–Kier alpha value is -0.770. The minimum Gasteiger partial charge on any atom is -0.312 e. The molecule has 2 aromatic carbocycles. The van der Waals surface area contributed by atoms with Crippen molar-refractivity contribution in [2.24, 2.45) is 5.92 Å². The summed E-state index contributed by atoms with van der Waals surface area (Å²) in [5.41, 5.74) is 2.70. The molecule has 2 aromatic rings. The molecule has 0 atom stereocenters. The van der Waals surface area contributed by atoms with E-state index in [1.165, 1.54) is 16.0 Å². The number of nitrogens with one attached hydrogen (secondary N) is 1. The van der Waals surface area contributed by atoms with Gasteiger partial charge in [0.15, 0.2) is 0 Å². The van der Waals surface area contributed by atoms with Crippen molar-refractivity contribution in [3.05, 3.63) is 64.1 Å². The summed E-state index contributed by atoms with van der Waals surface area (Å²) in [5, 5.41) is 3.49. The average molecular weight is 364 g/mol. The van der Waals surface area contributed by atoms with Crippen LogP contribution in [0.1, 0.15) is 25.0 Å². The van der Waals surface area contributed by atoms with Gasteiger partial charge in [-0.2, -0.15) is 0 Å². The van der Waals surface area contributed by atoms with E-state index in [-0.39, 0.29) is 0 Å². The van der Waals surface area contributed by atoms with E-state index in [9.17, 15) is 0 Å². The Morgan fingerprint density at radius 1 is 1.05 bits per heavy atom. The number of hydrogen-bond acceptors (Lipinski definition) is 2. The first-order valence-electron chi connectivity index (χ1n) is 7.30. The van der Waals surface area contributed by atoms with Gasteiger partial charge < -0.3 is 5.32 Å². The molecule has 1 N–H and O–H groups in total. The molecular formula is C18H22BrNS. The molecule has 0 aliphatic carbocycles. The highest BCUT2D eigenvalue weighted by molar-refractivity contribution is 9.10. The molecule has 0 aliphatic rings. The van der Waals surface area contributed by atoms with Crippen molar-refractivity contribution in [3.63, 3.8) is 0 Å². The molecule has 0 fully saturated rings. The number of hydrogen-bond donors (Lipinski definition) is 1. The van der Waals surface area contributed by atoms with Crippen LogP contribution in [0, 0.1) is 5.92 Å². The van der Waals surface area contributed by atoms with Gasteiger partial charge in [0.2, 0.25) is 0 Å². The van der Waals surface area contributed by atoms with E-state index in [2.05, 4.69) is 83.6 Å². The first-order valence-corrected chi connectivity index (χ1v) is 9.08. The van der Waals surface area contributed by atoms with Gasteiger partial charge in [-0.25, -0.2) is 0 Å². The van der Waals surface area contributed by atoms with Crippen molar-refractivity contribution in [2.45, 2.75) is 31.0 Å². The van der Waals surface area contributed by atoms with Crippen molar-refractivity contribution < 1.29 is 0 Å². The van der Waals surface area contributed by atoms with E-state index in [0.29, 0.717) is 5.92 Å². The summed E-state index contributed by atoms with van der Waals surface area (Å²) in [6.45, 7) is 6.48. The zero-order valence-corrected chi connectivity index (χ0v) is 15.0. The normalized spacial score (nSPS) is 11.0. The van der Waals surface area contributed by atoms with Gasteiger partial charge in [-0.15, -0.1) is 11.8 Å². The lowest BCUT2D eigenvalue weighted by Gasteiger charge is -2.09. The van der Waals surface area contributed by atoms with E-state index in [0.717, 1.165) is 23.3 Å². The van der Waals surface area contributed by atoms with Crippen LogP contribution in [0.2, 0.25) is 0 Å². The fourth-order valence-corrected chi connectivity index (χ4v) is 3.41. The lowest BCUT2D eigenvalue weighted by Crippen LogP contribution is -2.18. The molecule has 0 unspecified atom stereocenters. The van der Waals surface area contributed by atoms with Crippen molar-refractivity contribution in [3.8, 4) is 0 Å². The topological polar surface area (TPSA) is 12.0 Å². The molecule has 0 spiro atoms. The van der Waals surface area contributed by atoms with Gasteiger partial charge in [-0.1, -0.05) is 54.0 Å². The van der Waals surface area contributed by atoms with Crippen molar-refractivity contribution in [2.75, 3.05) is 6.54 Å². The highest BCUT2D eigenvalue weighted by Gasteiger charge is 2.00. The average Bonchev–Trinajstić information content (AvgIpc) is 2.45. The Morgan fingerprint density at radius 3 is 2.57 bits per heavy atom. The van der Waals surface area contributed by atoms with Crippen molar-refractivity contribution in [1.82, 2.24) is 5.32 Å². The van der Waals surface area contributed by atoms with Gasteiger partial charge in [0, 0.05) is 21.7 Å². The van der Waals surface area contributed by atoms with Crippen LogP contribution in [0.3, 0.4) is 0 Å². The number of benzene rings is 2. The Bertz CT molecular complexity index is 569. The predicted octanol–water partition coefficient (Wildman–Crippen LogP) is 5.49. The smallest absolute Gasteiger partial charge is 0.0232 e. The fourth-order valence-electron chi connectivity index (χ4n) is 2.04. The van der Waals surface area contributed by atoms with Gasteiger partial charge in [0.25, 0.3) is 0 Å². The molecule has 3 heteroatoms. The third-order valence-corrected chi connectivity index (χ3v) is 4.63. The van der Waals surface area contributed by atoms with E-state index in [4.69, 9.17) is 0 Å². The van der Waals surface area contributed by atoms with Crippen LogP contribution in [-0.2, 0) is 12.3 Å². The summed E-state index contributed by atoms with van der Waals surface area (Å²) in [6.07, 6.45) is 0.